The molecule has 0 radical (unpaired) electrons. The average Bonchev–Trinajstić information content (AvgIpc) is 3.38. The van der Waals surface area contributed by atoms with Crippen molar-refractivity contribution in [2.24, 2.45) is 0 Å². The van der Waals surface area contributed by atoms with E-state index in [0.29, 0.717) is 19.3 Å². The molecule has 0 saturated carbocycles. The summed E-state index contributed by atoms with van der Waals surface area (Å²) in [5, 5.41) is 0. The molecule has 0 aliphatic rings. The van der Waals surface area contributed by atoms with E-state index in [0.717, 1.165) is 64.2 Å². The molecule has 0 rings (SSSR count). The van der Waals surface area contributed by atoms with Crippen molar-refractivity contribution >= 4 is 17.9 Å². The van der Waals surface area contributed by atoms with Crippen LogP contribution in [0.4, 0.5) is 0 Å². The number of ether oxygens (including phenoxy) is 3. The van der Waals surface area contributed by atoms with E-state index >= 15 is 0 Å². The fourth-order valence-electron chi connectivity index (χ4n) is 9.83. The molecule has 6 heteroatoms. The van der Waals surface area contributed by atoms with Crippen LogP contribution in [-0.2, 0) is 28.6 Å². The Labute approximate surface area is 449 Å². The predicted molar refractivity (Wildman–Crippen MR) is 312 cm³/mol. The molecule has 1 unspecified atom stereocenters. The van der Waals surface area contributed by atoms with Crippen molar-refractivity contribution in [3.63, 3.8) is 0 Å². The van der Waals surface area contributed by atoms with E-state index in [1.54, 1.807) is 0 Å². The van der Waals surface area contributed by atoms with Gasteiger partial charge in [-0.3, -0.25) is 14.4 Å². The number of esters is 3. The van der Waals surface area contributed by atoms with Crippen LogP contribution in [0.1, 0.15) is 361 Å². The summed E-state index contributed by atoms with van der Waals surface area (Å²) in [7, 11) is 0. The number of carbonyl (C=O) groups excluding carboxylic acids is 3. The molecule has 0 saturated heterocycles. The van der Waals surface area contributed by atoms with E-state index in [1.165, 1.54) is 257 Å². The molecule has 0 aromatic heterocycles. The Balaban J connectivity index is 4.00. The number of rotatable bonds is 60. The zero-order valence-electron chi connectivity index (χ0n) is 48.7. The lowest BCUT2D eigenvalue weighted by atomic mass is 10.0. The zero-order valence-corrected chi connectivity index (χ0v) is 48.7. The van der Waals surface area contributed by atoms with Gasteiger partial charge in [0.25, 0.3) is 0 Å². The van der Waals surface area contributed by atoms with Crippen LogP contribution in [0.5, 0.6) is 0 Å². The molecule has 0 aliphatic heterocycles. The van der Waals surface area contributed by atoms with Crippen LogP contribution >= 0.6 is 0 Å². The molecule has 0 fully saturated rings. The molecule has 72 heavy (non-hydrogen) atoms. The van der Waals surface area contributed by atoms with Crippen molar-refractivity contribution in [2.75, 3.05) is 13.2 Å². The summed E-state index contributed by atoms with van der Waals surface area (Å²) >= 11 is 0. The molecule has 424 valence electrons. The molecule has 1 atom stereocenters. The molecule has 0 spiro atoms. The molecular weight excluding hydrogens is 889 g/mol. The Bertz CT molecular complexity index is 1160. The quantitative estimate of drug-likeness (QED) is 0.0261. The van der Waals surface area contributed by atoms with E-state index in [1.807, 2.05) is 0 Å². The minimum atomic E-state index is -0.763. The number of allylic oxidation sites excluding steroid dienone is 4. The van der Waals surface area contributed by atoms with Crippen LogP contribution < -0.4 is 0 Å². The highest BCUT2D eigenvalue weighted by atomic mass is 16.6. The summed E-state index contributed by atoms with van der Waals surface area (Å²) < 4.78 is 16.9. The van der Waals surface area contributed by atoms with Crippen molar-refractivity contribution in [3.8, 4) is 0 Å². The number of hydrogen-bond acceptors (Lipinski definition) is 6. The summed E-state index contributed by atoms with van der Waals surface area (Å²) in [6.07, 6.45) is 73.6. The van der Waals surface area contributed by atoms with Crippen LogP contribution in [0.2, 0.25) is 0 Å². The minimum Gasteiger partial charge on any atom is -0.462 e. The van der Waals surface area contributed by atoms with E-state index in [2.05, 4.69) is 45.1 Å². The third-order valence-electron chi connectivity index (χ3n) is 14.7. The largest absolute Gasteiger partial charge is 0.462 e. The van der Waals surface area contributed by atoms with E-state index < -0.39 is 6.10 Å². The second-order valence-electron chi connectivity index (χ2n) is 22.0. The second-order valence-corrected chi connectivity index (χ2v) is 22.0. The van der Waals surface area contributed by atoms with Crippen LogP contribution in [0.15, 0.2) is 24.3 Å². The highest BCUT2D eigenvalue weighted by Crippen LogP contribution is 2.18. The lowest BCUT2D eigenvalue weighted by Crippen LogP contribution is -2.30. The van der Waals surface area contributed by atoms with Gasteiger partial charge >= 0.3 is 17.9 Å². The van der Waals surface area contributed by atoms with Crippen molar-refractivity contribution < 1.29 is 28.6 Å². The highest BCUT2D eigenvalue weighted by Gasteiger charge is 2.19. The third-order valence-corrected chi connectivity index (χ3v) is 14.7. The Morgan fingerprint density at radius 2 is 0.500 bits per heavy atom. The maximum Gasteiger partial charge on any atom is 0.306 e. The van der Waals surface area contributed by atoms with Gasteiger partial charge in [-0.2, -0.15) is 0 Å². The lowest BCUT2D eigenvalue weighted by Gasteiger charge is -2.18. The smallest absolute Gasteiger partial charge is 0.306 e. The third kappa shape index (κ3) is 58.8. The van der Waals surface area contributed by atoms with Gasteiger partial charge in [0, 0.05) is 19.3 Å². The first kappa shape index (κ1) is 69.9. The predicted octanol–water partition coefficient (Wildman–Crippen LogP) is 21.8. The van der Waals surface area contributed by atoms with Gasteiger partial charge in [0.2, 0.25) is 0 Å². The van der Waals surface area contributed by atoms with Crippen LogP contribution in [-0.4, -0.2) is 37.2 Å². The molecule has 0 amide bonds. The SMILES string of the molecule is CCCCCCC/C=C\C/C=C\CCCCCCCCCCCCCCCCCCCCCC(=O)OCC(COC(=O)CCCCCCCCCC)OC(=O)CCCCCCCCCCCCCCCCC. The Morgan fingerprint density at radius 1 is 0.278 bits per heavy atom. The van der Waals surface area contributed by atoms with E-state index in [4.69, 9.17) is 14.2 Å². The summed E-state index contributed by atoms with van der Waals surface area (Å²) in [5.41, 5.74) is 0. The summed E-state index contributed by atoms with van der Waals surface area (Å²) in [6.45, 7) is 6.66. The molecule has 0 aromatic carbocycles. The van der Waals surface area contributed by atoms with Gasteiger partial charge in [0.15, 0.2) is 6.10 Å². The molecule has 0 aliphatic carbocycles. The first-order valence-electron chi connectivity index (χ1n) is 32.3. The lowest BCUT2D eigenvalue weighted by molar-refractivity contribution is -0.167. The Kier molecular flexibility index (Phi) is 59.6. The fraction of sp³-hybridized carbons (Fsp3) is 0.894. The molecule has 0 heterocycles. The maximum absolute atomic E-state index is 12.8. The average molecular weight is 1010 g/mol. The number of unbranched alkanes of at least 4 members (excludes halogenated alkanes) is 45. The number of hydrogen-bond donors (Lipinski definition) is 0. The maximum atomic E-state index is 12.8. The normalized spacial score (nSPS) is 12.1. The van der Waals surface area contributed by atoms with Gasteiger partial charge in [-0.1, -0.05) is 315 Å². The van der Waals surface area contributed by atoms with E-state index in [-0.39, 0.29) is 31.1 Å². The molecule has 0 N–H and O–H groups in total. The monoisotopic (exact) mass is 1010 g/mol. The van der Waals surface area contributed by atoms with Crippen LogP contribution in [0, 0.1) is 0 Å². The standard InChI is InChI=1S/C66H124O6/c1-4-7-10-13-16-19-21-23-25-26-27-28-29-30-31-32-33-34-35-36-37-38-39-40-42-43-45-47-50-53-56-59-65(68)71-62-63(61-70-64(67)58-55-52-49-18-15-12-9-6-3)72-66(69)60-57-54-51-48-46-44-41-24-22-20-17-14-11-8-5-2/h21,23,26-27,63H,4-20,22,24-25,28-62H2,1-3H3/b23-21-,27-26-. The van der Waals surface area contributed by atoms with Crippen molar-refractivity contribution in [1.29, 1.82) is 0 Å². The van der Waals surface area contributed by atoms with Crippen molar-refractivity contribution in [2.45, 2.75) is 367 Å². The number of carbonyl (C=O) groups is 3. The molecular formula is C66H124O6. The zero-order chi connectivity index (χ0) is 52.2. The van der Waals surface area contributed by atoms with Gasteiger partial charge < -0.3 is 14.2 Å². The highest BCUT2D eigenvalue weighted by molar-refractivity contribution is 5.71. The second kappa shape index (κ2) is 61.4. The van der Waals surface area contributed by atoms with Crippen LogP contribution in [0.3, 0.4) is 0 Å². The van der Waals surface area contributed by atoms with Gasteiger partial charge in [-0.05, 0) is 51.4 Å². The molecule has 0 bridgehead atoms. The van der Waals surface area contributed by atoms with Crippen molar-refractivity contribution in [3.05, 3.63) is 24.3 Å². The Morgan fingerprint density at radius 3 is 0.764 bits per heavy atom. The van der Waals surface area contributed by atoms with Gasteiger partial charge in [0.05, 0.1) is 0 Å². The summed E-state index contributed by atoms with van der Waals surface area (Å²) in [6, 6.07) is 0. The molecule has 0 aromatic rings. The van der Waals surface area contributed by atoms with Gasteiger partial charge in [0.1, 0.15) is 13.2 Å². The topological polar surface area (TPSA) is 78.9 Å². The minimum absolute atomic E-state index is 0.0642. The van der Waals surface area contributed by atoms with Crippen LogP contribution in [0.25, 0.3) is 0 Å². The van der Waals surface area contributed by atoms with Gasteiger partial charge in [-0.15, -0.1) is 0 Å². The first-order chi connectivity index (χ1) is 35.5. The fourth-order valence-corrected chi connectivity index (χ4v) is 9.83. The Hall–Kier alpha value is -2.11. The van der Waals surface area contributed by atoms with E-state index in [9.17, 15) is 14.4 Å². The van der Waals surface area contributed by atoms with Gasteiger partial charge in [-0.25, -0.2) is 0 Å². The first-order valence-corrected chi connectivity index (χ1v) is 32.3. The summed E-state index contributed by atoms with van der Waals surface area (Å²) in [5.74, 6) is -0.843. The molecule has 6 nitrogen and oxygen atoms in total. The van der Waals surface area contributed by atoms with Crippen molar-refractivity contribution in [1.82, 2.24) is 0 Å². The summed E-state index contributed by atoms with van der Waals surface area (Å²) in [4.78, 5) is 38.1.